The van der Waals surface area contributed by atoms with E-state index in [1.165, 1.54) is 40.4 Å². The van der Waals surface area contributed by atoms with Crippen LogP contribution in [0.2, 0.25) is 0 Å². The van der Waals surface area contributed by atoms with Crippen LogP contribution in [-0.2, 0) is 24.2 Å². The largest absolute Gasteiger partial charge is 0.365 e. The van der Waals surface area contributed by atoms with Gasteiger partial charge in [-0.3, -0.25) is 4.79 Å². The topological polar surface area (TPSA) is 66.9 Å². The average Bonchev–Trinajstić information content (AvgIpc) is 3.20. The van der Waals surface area contributed by atoms with E-state index in [-0.39, 0.29) is 5.91 Å². The number of rotatable bonds is 7. The molecular formula is C23H24N4OS. The van der Waals surface area contributed by atoms with E-state index in [9.17, 15) is 4.79 Å². The van der Waals surface area contributed by atoms with Crippen molar-refractivity contribution < 1.29 is 4.79 Å². The molecular weight excluding hydrogens is 380 g/mol. The number of fused-ring (bicyclic) bond motifs is 1. The van der Waals surface area contributed by atoms with E-state index < -0.39 is 0 Å². The van der Waals surface area contributed by atoms with Gasteiger partial charge in [0.05, 0.1) is 5.75 Å². The quantitative estimate of drug-likeness (QED) is 0.563. The normalized spacial score (nSPS) is 12.4. The Balaban J connectivity index is 1.24. The Labute approximate surface area is 175 Å². The molecule has 0 aliphatic heterocycles. The summed E-state index contributed by atoms with van der Waals surface area (Å²) in [5, 5.41) is 15.4. The maximum absolute atomic E-state index is 12.2. The van der Waals surface area contributed by atoms with Gasteiger partial charge in [-0.05, 0) is 67.1 Å². The third-order valence-electron chi connectivity index (χ3n) is 4.97. The third kappa shape index (κ3) is 5.35. The van der Waals surface area contributed by atoms with E-state index in [0.29, 0.717) is 12.3 Å². The predicted molar refractivity (Wildman–Crippen MR) is 118 cm³/mol. The summed E-state index contributed by atoms with van der Waals surface area (Å²) in [6, 6.07) is 18.4. The van der Waals surface area contributed by atoms with Crippen molar-refractivity contribution in [3.05, 3.63) is 76.9 Å². The summed E-state index contributed by atoms with van der Waals surface area (Å²) < 4.78 is 0. The smallest absolute Gasteiger partial charge is 0.234 e. The van der Waals surface area contributed by atoms with Crippen molar-refractivity contribution in [2.24, 2.45) is 0 Å². The van der Waals surface area contributed by atoms with Gasteiger partial charge in [-0.1, -0.05) is 47.7 Å². The maximum atomic E-state index is 12.2. The van der Waals surface area contributed by atoms with Crippen LogP contribution in [0.3, 0.4) is 0 Å². The Bertz CT molecular complexity index is 987. The van der Waals surface area contributed by atoms with Gasteiger partial charge in [0.2, 0.25) is 5.91 Å². The molecule has 1 aliphatic rings. The number of benzene rings is 2. The molecule has 6 heteroatoms. The van der Waals surface area contributed by atoms with Gasteiger partial charge in [0.15, 0.2) is 0 Å². The fourth-order valence-corrected chi connectivity index (χ4v) is 3.99. The molecule has 1 heterocycles. The van der Waals surface area contributed by atoms with Crippen LogP contribution in [0.5, 0.6) is 0 Å². The van der Waals surface area contributed by atoms with Crippen molar-refractivity contribution in [3.8, 4) is 0 Å². The highest BCUT2D eigenvalue weighted by molar-refractivity contribution is 7.99. The number of nitrogens with one attached hydrogen (secondary N) is 2. The molecule has 1 amide bonds. The number of carbonyl (C=O) groups is 1. The van der Waals surface area contributed by atoms with Crippen LogP contribution in [-0.4, -0.2) is 21.9 Å². The minimum atomic E-state index is -0.0312. The number of hydrogen-bond acceptors (Lipinski definition) is 5. The summed E-state index contributed by atoms with van der Waals surface area (Å²) >= 11 is 1.38. The van der Waals surface area contributed by atoms with Gasteiger partial charge < -0.3 is 10.6 Å². The third-order valence-corrected chi connectivity index (χ3v) is 5.89. The molecule has 1 aliphatic carbocycles. The van der Waals surface area contributed by atoms with E-state index in [2.05, 4.69) is 64.2 Å². The minimum absolute atomic E-state index is 0.0312. The monoisotopic (exact) mass is 404 g/mol. The van der Waals surface area contributed by atoms with Gasteiger partial charge in [0.25, 0.3) is 0 Å². The summed E-state index contributed by atoms with van der Waals surface area (Å²) in [5.74, 6) is 0.996. The number of anilines is 2. The molecule has 0 saturated heterocycles. The van der Waals surface area contributed by atoms with Gasteiger partial charge in [0, 0.05) is 12.2 Å². The lowest BCUT2D eigenvalue weighted by molar-refractivity contribution is -0.113. The molecule has 5 nitrogen and oxygen atoms in total. The Morgan fingerprint density at radius 3 is 2.62 bits per heavy atom. The van der Waals surface area contributed by atoms with Gasteiger partial charge in [-0.2, -0.15) is 0 Å². The number of aryl methyl sites for hydroxylation is 3. The minimum Gasteiger partial charge on any atom is -0.365 e. The molecule has 0 unspecified atom stereocenters. The van der Waals surface area contributed by atoms with Gasteiger partial charge >= 0.3 is 0 Å². The van der Waals surface area contributed by atoms with Crippen LogP contribution in [0.15, 0.2) is 59.6 Å². The summed E-state index contributed by atoms with van der Waals surface area (Å²) in [6.07, 6.45) is 3.46. The van der Waals surface area contributed by atoms with E-state index in [1.54, 1.807) is 0 Å². The van der Waals surface area contributed by atoms with Crippen LogP contribution in [0, 0.1) is 6.92 Å². The fourth-order valence-electron chi connectivity index (χ4n) is 3.38. The molecule has 29 heavy (non-hydrogen) atoms. The zero-order valence-electron chi connectivity index (χ0n) is 16.4. The summed E-state index contributed by atoms with van der Waals surface area (Å²) in [4.78, 5) is 12.2. The van der Waals surface area contributed by atoms with Gasteiger partial charge in [0.1, 0.15) is 10.8 Å². The zero-order chi connectivity index (χ0) is 20.1. The molecule has 2 N–H and O–H groups in total. The Morgan fingerprint density at radius 2 is 1.83 bits per heavy atom. The molecule has 148 valence electrons. The van der Waals surface area contributed by atoms with Crippen LogP contribution in [0.25, 0.3) is 0 Å². The van der Waals surface area contributed by atoms with Crippen LogP contribution < -0.4 is 10.6 Å². The number of nitrogens with zero attached hydrogens (tertiary/aromatic N) is 2. The van der Waals surface area contributed by atoms with E-state index in [4.69, 9.17) is 0 Å². The molecule has 0 spiro atoms. The van der Waals surface area contributed by atoms with Crippen molar-refractivity contribution in [3.63, 3.8) is 0 Å². The Hall–Kier alpha value is -2.86. The van der Waals surface area contributed by atoms with E-state index in [1.807, 2.05) is 18.2 Å². The first-order valence-corrected chi connectivity index (χ1v) is 10.8. The molecule has 4 rings (SSSR count). The average molecular weight is 405 g/mol. The molecule has 2 aromatic carbocycles. The Kier molecular flexibility index (Phi) is 6.10. The van der Waals surface area contributed by atoms with Crippen LogP contribution >= 0.6 is 11.8 Å². The first-order valence-electron chi connectivity index (χ1n) is 9.83. The summed E-state index contributed by atoms with van der Waals surface area (Å²) in [7, 11) is 0. The summed E-state index contributed by atoms with van der Waals surface area (Å²) in [6.45, 7) is 2.77. The lowest BCUT2D eigenvalue weighted by atomic mass is 10.1. The number of thioether (sulfide) groups is 1. The summed E-state index contributed by atoms with van der Waals surface area (Å²) in [5.41, 5.74) is 6.07. The van der Waals surface area contributed by atoms with Crippen molar-refractivity contribution in [1.29, 1.82) is 0 Å². The fraction of sp³-hybridized carbons (Fsp3) is 0.261. The number of hydrogen-bond donors (Lipinski definition) is 2. The van der Waals surface area contributed by atoms with Gasteiger partial charge in [-0.15, -0.1) is 10.2 Å². The van der Waals surface area contributed by atoms with Crippen LogP contribution in [0.1, 0.15) is 28.7 Å². The SMILES string of the molecule is Cc1ccc(CNc2ccc(SCC(=O)Nc3ccc4c(c3)CCC4)nn2)cc1. The molecule has 0 saturated carbocycles. The molecule has 3 aromatic rings. The highest BCUT2D eigenvalue weighted by atomic mass is 32.2. The molecule has 0 fully saturated rings. The number of amides is 1. The lowest BCUT2D eigenvalue weighted by Gasteiger charge is -2.08. The second kappa shape index (κ2) is 9.09. The second-order valence-corrected chi connectivity index (χ2v) is 8.27. The van der Waals surface area contributed by atoms with Crippen molar-refractivity contribution >= 4 is 29.2 Å². The zero-order valence-corrected chi connectivity index (χ0v) is 17.3. The molecule has 0 radical (unpaired) electrons. The van der Waals surface area contributed by atoms with Crippen molar-refractivity contribution in [2.75, 3.05) is 16.4 Å². The number of carbonyl (C=O) groups excluding carboxylic acids is 1. The molecule has 0 bridgehead atoms. The first-order chi connectivity index (χ1) is 14.2. The first kappa shape index (κ1) is 19.5. The van der Waals surface area contributed by atoms with Crippen LogP contribution in [0.4, 0.5) is 11.5 Å². The van der Waals surface area contributed by atoms with Gasteiger partial charge in [-0.25, -0.2) is 0 Å². The highest BCUT2D eigenvalue weighted by Crippen LogP contribution is 2.25. The maximum Gasteiger partial charge on any atom is 0.234 e. The number of aromatic nitrogens is 2. The highest BCUT2D eigenvalue weighted by Gasteiger charge is 2.12. The standard InChI is InChI=1S/C23H24N4OS/c1-16-5-7-17(8-6-16)14-24-21-11-12-23(27-26-21)29-15-22(28)25-20-10-9-18-3-2-4-19(18)13-20/h5-13H,2-4,14-15H2,1H3,(H,24,26)(H,25,28). The predicted octanol–water partition coefficient (Wildman–Crippen LogP) is 4.62. The molecule has 1 aromatic heterocycles. The van der Waals surface area contributed by atoms with E-state index in [0.717, 1.165) is 29.4 Å². The van der Waals surface area contributed by atoms with E-state index >= 15 is 0 Å². The van der Waals surface area contributed by atoms with Crippen molar-refractivity contribution in [1.82, 2.24) is 10.2 Å². The Morgan fingerprint density at radius 1 is 1.00 bits per heavy atom. The second-order valence-electron chi connectivity index (χ2n) is 7.27. The van der Waals surface area contributed by atoms with Crippen molar-refractivity contribution in [2.45, 2.75) is 37.8 Å². The lowest BCUT2D eigenvalue weighted by Crippen LogP contribution is -2.14. The molecule has 0 atom stereocenters.